The molecule has 64 heavy (non-hydrogen) atoms. The Balaban J connectivity index is 4.84. The monoisotopic (exact) mass is 909 g/mol. The van der Waals surface area contributed by atoms with Gasteiger partial charge in [-0.15, -0.1) is 0 Å². The van der Waals surface area contributed by atoms with Crippen LogP contribution in [0.15, 0.2) is 0 Å². The van der Waals surface area contributed by atoms with Crippen molar-refractivity contribution in [2.45, 2.75) is 213 Å². The number of hydrogen-bond donors (Lipinski definition) is 3. The van der Waals surface area contributed by atoms with E-state index in [1.54, 1.807) is 0 Å². The van der Waals surface area contributed by atoms with E-state index in [9.17, 15) is 14.4 Å². The van der Waals surface area contributed by atoms with Crippen molar-refractivity contribution < 1.29 is 27.8 Å². The van der Waals surface area contributed by atoms with Gasteiger partial charge < -0.3 is 29.4 Å². The minimum absolute atomic E-state index is 0.0865. The lowest BCUT2D eigenvalue weighted by Gasteiger charge is -2.30. The third-order valence-corrected chi connectivity index (χ3v) is 13.3. The van der Waals surface area contributed by atoms with Gasteiger partial charge in [0.1, 0.15) is 0 Å². The predicted molar refractivity (Wildman–Crippen MR) is 277 cm³/mol. The number of nitrogens with one attached hydrogen (secondary N) is 3. The van der Waals surface area contributed by atoms with Crippen LogP contribution in [0.25, 0.3) is 0 Å². The average molecular weight is 910 g/mol. The molecule has 0 aromatic heterocycles. The Hall–Kier alpha value is -1.75. The molecule has 0 atom stereocenters. The van der Waals surface area contributed by atoms with E-state index in [1.807, 2.05) is 0 Å². The second-order valence-corrected chi connectivity index (χ2v) is 21.9. The normalized spacial score (nSPS) is 12.3. The Morgan fingerprint density at radius 3 is 0.703 bits per heavy atom. The third kappa shape index (κ3) is 42.9. The van der Waals surface area contributed by atoms with E-state index in [2.05, 4.69) is 83.9 Å². The first kappa shape index (κ1) is 62.2. The summed E-state index contributed by atoms with van der Waals surface area (Å²) < 4.78 is 2.10. The van der Waals surface area contributed by atoms with Gasteiger partial charge in [0.25, 0.3) is 17.7 Å². The molecule has 0 aliphatic rings. The molecule has 0 aromatic carbocycles. The van der Waals surface area contributed by atoms with Crippen molar-refractivity contribution in [3.8, 4) is 0 Å². The molecule has 3 N–H and O–H groups in total. The van der Waals surface area contributed by atoms with Crippen LogP contribution in [0.5, 0.6) is 0 Å². The van der Waals surface area contributed by atoms with E-state index in [4.69, 9.17) is 0 Å². The van der Waals surface area contributed by atoms with Crippen LogP contribution < -0.4 is 16.0 Å². The van der Waals surface area contributed by atoms with Crippen LogP contribution in [0.1, 0.15) is 213 Å². The molecule has 0 aromatic rings. The number of unbranched alkanes of at least 4 members (excludes halogenated alkanes) is 27. The van der Waals surface area contributed by atoms with Gasteiger partial charge in [0.2, 0.25) is 0 Å². The molecule has 0 rings (SSSR count). The smallest absolute Gasteiger partial charge is 0.275 e. The highest BCUT2D eigenvalue weighted by Gasteiger charge is 2.22. The summed E-state index contributed by atoms with van der Waals surface area (Å²) in [5, 5.41) is 9.55. The molecule has 0 spiro atoms. The number of quaternary nitrogens is 3. The van der Waals surface area contributed by atoms with E-state index in [-0.39, 0.29) is 17.7 Å². The maximum atomic E-state index is 13.1. The van der Waals surface area contributed by atoms with E-state index < -0.39 is 0 Å². The summed E-state index contributed by atoms with van der Waals surface area (Å²) in [5.41, 5.74) is 0. The molecule has 0 radical (unpaired) electrons. The quantitative estimate of drug-likeness (QED) is 0.0419. The summed E-state index contributed by atoms with van der Waals surface area (Å²) in [5.74, 6) is 0.260. The van der Waals surface area contributed by atoms with Gasteiger partial charge in [-0.2, -0.15) is 0 Å². The van der Waals surface area contributed by atoms with E-state index in [0.717, 1.165) is 38.9 Å². The highest BCUT2D eigenvalue weighted by Crippen LogP contribution is 2.14. The van der Waals surface area contributed by atoms with Gasteiger partial charge in [-0.25, -0.2) is 0 Å². The van der Waals surface area contributed by atoms with Crippen molar-refractivity contribution >= 4 is 17.7 Å². The number of nitrogens with zero attached hydrogens (tertiary/aromatic N) is 4. The van der Waals surface area contributed by atoms with E-state index >= 15 is 0 Å². The third-order valence-electron chi connectivity index (χ3n) is 13.3. The average Bonchev–Trinajstić information content (AvgIpc) is 3.22. The molecule has 0 bridgehead atoms. The largest absolute Gasteiger partial charge is 0.350 e. The van der Waals surface area contributed by atoms with Crippen molar-refractivity contribution in [3.63, 3.8) is 0 Å². The van der Waals surface area contributed by atoms with Crippen molar-refractivity contribution in [2.75, 3.05) is 121 Å². The van der Waals surface area contributed by atoms with E-state index in [1.165, 1.54) is 173 Å². The van der Waals surface area contributed by atoms with Crippen molar-refractivity contribution in [3.05, 3.63) is 0 Å². The first-order valence-corrected chi connectivity index (χ1v) is 27.6. The van der Waals surface area contributed by atoms with Crippen LogP contribution in [0.4, 0.5) is 0 Å². The van der Waals surface area contributed by atoms with Gasteiger partial charge in [-0.3, -0.25) is 19.3 Å². The highest BCUT2D eigenvalue weighted by molar-refractivity contribution is 5.77. The summed E-state index contributed by atoms with van der Waals surface area (Å²) in [4.78, 5) is 41.6. The second kappa shape index (κ2) is 41.4. The molecule has 10 nitrogen and oxygen atoms in total. The van der Waals surface area contributed by atoms with Gasteiger partial charge in [-0.05, 0) is 38.5 Å². The van der Waals surface area contributed by atoms with Gasteiger partial charge in [0.15, 0.2) is 19.6 Å². The SMILES string of the molecule is CCCCCCCCCCCC[N+](C)(C)CC(=O)NCCN(CCNC(=O)C[N+](C)(C)CCCCCCCCCCCC)CCNC(=O)C[N+](C)(C)CCCCCCCCCCCC. The first-order valence-electron chi connectivity index (χ1n) is 27.6. The summed E-state index contributed by atoms with van der Waals surface area (Å²) in [6.07, 6.45) is 39.6. The van der Waals surface area contributed by atoms with Gasteiger partial charge in [0.05, 0.1) is 61.9 Å². The van der Waals surface area contributed by atoms with Crippen LogP contribution in [0.2, 0.25) is 0 Å². The van der Waals surface area contributed by atoms with Crippen LogP contribution >= 0.6 is 0 Å². The molecular formula is C54H114N7O3+3. The minimum Gasteiger partial charge on any atom is -0.350 e. The highest BCUT2D eigenvalue weighted by atomic mass is 16.2. The fourth-order valence-corrected chi connectivity index (χ4v) is 9.05. The summed E-state index contributed by atoms with van der Waals surface area (Å²) in [7, 11) is 13.0. The second-order valence-electron chi connectivity index (χ2n) is 21.9. The standard InChI is InChI=1S/C54H111N7O3/c1-10-13-16-19-22-25-28-31-34-37-46-59(4,5)49-52(62)55-40-43-58(44-41-56-53(63)50-60(6,7)47-38-35-32-29-26-23-20-17-14-11-2)45-42-57-54(64)51-61(8,9)48-39-36-33-30-27-24-21-18-15-12-3/h10-51H2,1-9H3/p+3. The summed E-state index contributed by atoms with van der Waals surface area (Å²) in [6.45, 7) is 14.9. The maximum Gasteiger partial charge on any atom is 0.275 e. The van der Waals surface area contributed by atoms with Crippen LogP contribution in [-0.4, -0.2) is 157 Å². The zero-order valence-electron chi connectivity index (χ0n) is 44.7. The molecule has 0 fully saturated rings. The predicted octanol–water partition coefficient (Wildman–Crippen LogP) is 10.6. The Morgan fingerprint density at radius 1 is 0.312 bits per heavy atom. The van der Waals surface area contributed by atoms with Crippen molar-refractivity contribution in [1.29, 1.82) is 0 Å². The van der Waals surface area contributed by atoms with Crippen LogP contribution in [-0.2, 0) is 14.4 Å². The lowest BCUT2D eigenvalue weighted by Crippen LogP contribution is -2.51. The Bertz CT molecular complexity index is 966. The topological polar surface area (TPSA) is 90.5 Å². The molecule has 0 heterocycles. The molecule has 380 valence electrons. The zero-order valence-corrected chi connectivity index (χ0v) is 44.7. The molecule has 0 aliphatic heterocycles. The van der Waals surface area contributed by atoms with Gasteiger partial charge >= 0.3 is 0 Å². The molecule has 0 saturated carbocycles. The molecular weight excluding hydrogens is 795 g/mol. The zero-order chi connectivity index (χ0) is 47.6. The number of hydrogen-bond acceptors (Lipinski definition) is 4. The lowest BCUT2D eigenvalue weighted by atomic mass is 10.1. The fourth-order valence-electron chi connectivity index (χ4n) is 9.05. The number of amides is 3. The van der Waals surface area contributed by atoms with Crippen LogP contribution in [0.3, 0.4) is 0 Å². The number of rotatable bonds is 48. The molecule has 0 saturated heterocycles. The first-order chi connectivity index (χ1) is 30.6. The molecule has 10 heteroatoms. The summed E-state index contributed by atoms with van der Waals surface area (Å²) >= 11 is 0. The fraction of sp³-hybridized carbons (Fsp3) is 0.944. The number of carbonyl (C=O) groups excluding carboxylic acids is 3. The minimum atomic E-state index is 0.0865. The molecule has 3 amide bonds. The number of likely N-dealkylation sites (N-methyl/N-ethyl adjacent to an activating group) is 3. The Labute approximate surface area is 399 Å². The summed E-state index contributed by atoms with van der Waals surface area (Å²) in [6, 6.07) is 0. The Morgan fingerprint density at radius 2 is 0.500 bits per heavy atom. The van der Waals surface area contributed by atoms with Crippen LogP contribution in [0, 0.1) is 0 Å². The lowest BCUT2D eigenvalue weighted by molar-refractivity contribution is -0.882. The van der Waals surface area contributed by atoms with Gasteiger partial charge in [0, 0.05) is 39.3 Å². The van der Waals surface area contributed by atoms with Crippen molar-refractivity contribution in [2.24, 2.45) is 0 Å². The van der Waals surface area contributed by atoms with Crippen molar-refractivity contribution in [1.82, 2.24) is 20.9 Å². The molecule has 0 unspecified atom stereocenters. The number of carbonyl (C=O) groups is 3. The molecule has 0 aliphatic carbocycles. The van der Waals surface area contributed by atoms with E-state index in [0.29, 0.717) is 72.4 Å². The van der Waals surface area contributed by atoms with Gasteiger partial charge in [-0.1, -0.05) is 175 Å². The maximum absolute atomic E-state index is 13.1. The Kier molecular flexibility index (Phi) is 40.3.